The van der Waals surface area contributed by atoms with Gasteiger partial charge >= 0.3 is 0 Å². The van der Waals surface area contributed by atoms with Crippen LogP contribution in [0.1, 0.15) is 41.7 Å². The third-order valence-corrected chi connectivity index (χ3v) is 6.13. The molecule has 8 nitrogen and oxygen atoms in total. The smallest absolute Gasteiger partial charge is 0.273 e. The van der Waals surface area contributed by atoms with Gasteiger partial charge in [0.05, 0.1) is 11.9 Å². The van der Waals surface area contributed by atoms with Gasteiger partial charge in [0.25, 0.3) is 5.91 Å². The molecule has 1 saturated carbocycles. The van der Waals surface area contributed by atoms with Gasteiger partial charge in [0.15, 0.2) is 5.69 Å². The van der Waals surface area contributed by atoms with Crippen molar-refractivity contribution < 1.29 is 9.59 Å². The molecule has 1 aliphatic carbocycles. The molecule has 1 N–H and O–H groups in total. The molecule has 0 bridgehead atoms. The summed E-state index contributed by atoms with van der Waals surface area (Å²) in [5, 5.41) is 11.0. The number of aryl methyl sites for hydroxylation is 1. The first kappa shape index (κ1) is 20.5. The van der Waals surface area contributed by atoms with Crippen molar-refractivity contribution >= 4 is 11.8 Å². The van der Waals surface area contributed by atoms with Crippen LogP contribution in [0.5, 0.6) is 0 Å². The predicted octanol–water partition coefficient (Wildman–Crippen LogP) is 1.64. The highest BCUT2D eigenvalue weighted by Crippen LogP contribution is 2.26. The lowest BCUT2D eigenvalue weighted by Crippen LogP contribution is -2.51. The molecule has 1 aromatic carbocycles. The minimum absolute atomic E-state index is 0.219. The summed E-state index contributed by atoms with van der Waals surface area (Å²) in [5.41, 5.74) is 2.35. The minimum Gasteiger partial charge on any atom is -0.349 e. The first-order valence-electron chi connectivity index (χ1n) is 10.9. The van der Waals surface area contributed by atoms with Crippen molar-refractivity contribution in [3.63, 3.8) is 0 Å². The molecule has 0 unspecified atom stereocenters. The van der Waals surface area contributed by atoms with Crippen molar-refractivity contribution in [1.82, 2.24) is 30.1 Å². The fourth-order valence-electron chi connectivity index (χ4n) is 4.23. The second-order valence-electron chi connectivity index (χ2n) is 8.29. The maximum Gasteiger partial charge on any atom is 0.273 e. The summed E-state index contributed by atoms with van der Waals surface area (Å²) in [7, 11) is 0. The lowest BCUT2D eigenvalue weighted by Gasteiger charge is -2.36. The molecule has 1 aromatic heterocycles. The second-order valence-corrected chi connectivity index (χ2v) is 8.29. The number of aromatic nitrogens is 3. The second kappa shape index (κ2) is 9.38. The molecule has 2 heterocycles. The number of carbonyl (C=O) groups excluding carboxylic acids is 2. The van der Waals surface area contributed by atoms with Crippen LogP contribution in [-0.4, -0.2) is 75.9 Å². The number of nitrogens with zero attached hydrogens (tertiary/aromatic N) is 5. The summed E-state index contributed by atoms with van der Waals surface area (Å²) < 4.78 is 1.61. The van der Waals surface area contributed by atoms with E-state index in [9.17, 15) is 9.59 Å². The molecule has 1 aliphatic heterocycles. The van der Waals surface area contributed by atoms with Crippen LogP contribution in [0.3, 0.4) is 0 Å². The minimum atomic E-state index is -0.219. The first-order valence-corrected chi connectivity index (χ1v) is 10.9. The van der Waals surface area contributed by atoms with Gasteiger partial charge in [-0.25, -0.2) is 4.68 Å². The number of rotatable bonds is 6. The maximum atomic E-state index is 12.5. The van der Waals surface area contributed by atoms with Crippen molar-refractivity contribution in [3.05, 3.63) is 41.7 Å². The fraction of sp³-hybridized carbons (Fsp3) is 0.545. The summed E-state index contributed by atoms with van der Waals surface area (Å²) in [4.78, 5) is 29.2. The Bertz CT molecular complexity index is 864. The molecule has 2 fully saturated rings. The number of hydrogen-bond donors (Lipinski definition) is 1. The van der Waals surface area contributed by atoms with Crippen molar-refractivity contribution in [1.29, 1.82) is 0 Å². The molecular weight excluding hydrogens is 380 g/mol. The summed E-state index contributed by atoms with van der Waals surface area (Å²) in [5.74, 6) is 0.379. The van der Waals surface area contributed by atoms with E-state index < -0.39 is 0 Å². The van der Waals surface area contributed by atoms with Crippen LogP contribution in [0.15, 0.2) is 30.5 Å². The van der Waals surface area contributed by atoms with E-state index in [1.807, 2.05) is 36.1 Å². The molecule has 0 radical (unpaired) electrons. The standard InChI is InChI=1S/C22H30N6O2/c1-17-6-8-19(9-7-17)28-16-20(24-25-28)21(29)23-10-11-26-12-14-27(15-13-26)22(30)18-4-2-3-5-18/h6-9,16,18H,2-5,10-15H2,1H3,(H,23,29). The van der Waals surface area contributed by atoms with E-state index in [-0.39, 0.29) is 11.8 Å². The molecule has 0 spiro atoms. The zero-order valence-corrected chi connectivity index (χ0v) is 17.6. The Morgan fingerprint density at radius 1 is 1.07 bits per heavy atom. The molecule has 2 aliphatic rings. The van der Waals surface area contributed by atoms with Gasteiger partial charge < -0.3 is 10.2 Å². The van der Waals surface area contributed by atoms with E-state index in [1.54, 1.807) is 10.9 Å². The molecule has 2 aromatic rings. The molecule has 160 valence electrons. The molecule has 30 heavy (non-hydrogen) atoms. The van der Waals surface area contributed by atoms with E-state index in [2.05, 4.69) is 20.5 Å². The number of hydrogen-bond acceptors (Lipinski definition) is 5. The van der Waals surface area contributed by atoms with E-state index in [4.69, 9.17) is 0 Å². The normalized spacial score (nSPS) is 18.0. The largest absolute Gasteiger partial charge is 0.349 e. The molecule has 8 heteroatoms. The number of carbonyl (C=O) groups is 2. The average molecular weight is 411 g/mol. The van der Waals surface area contributed by atoms with Crippen LogP contribution in [0.4, 0.5) is 0 Å². The topological polar surface area (TPSA) is 83.4 Å². The molecule has 2 amide bonds. The van der Waals surface area contributed by atoms with Gasteiger partial charge in [-0.1, -0.05) is 35.8 Å². The highest BCUT2D eigenvalue weighted by atomic mass is 16.2. The number of benzene rings is 1. The van der Waals surface area contributed by atoms with Crippen LogP contribution in [0.2, 0.25) is 0 Å². The summed E-state index contributed by atoms with van der Waals surface area (Å²) in [6.45, 7) is 6.63. The van der Waals surface area contributed by atoms with Crippen molar-refractivity contribution in [2.75, 3.05) is 39.3 Å². The van der Waals surface area contributed by atoms with E-state index in [0.717, 1.165) is 51.3 Å². The highest BCUT2D eigenvalue weighted by Gasteiger charge is 2.29. The predicted molar refractivity (Wildman–Crippen MR) is 113 cm³/mol. The molecular formula is C22H30N6O2. The number of nitrogens with one attached hydrogen (secondary N) is 1. The van der Waals surface area contributed by atoms with Crippen LogP contribution in [0.25, 0.3) is 5.69 Å². The Kier molecular flexibility index (Phi) is 6.42. The monoisotopic (exact) mass is 410 g/mol. The Balaban J connectivity index is 1.19. The van der Waals surface area contributed by atoms with Crippen molar-refractivity contribution in [3.8, 4) is 5.69 Å². The van der Waals surface area contributed by atoms with Crippen LogP contribution in [-0.2, 0) is 4.79 Å². The van der Waals surface area contributed by atoms with Gasteiger partial charge in [-0.2, -0.15) is 0 Å². The lowest BCUT2D eigenvalue weighted by molar-refractivity contribution is -0.137. The van der Waals surface area contributed by atoms with Gasteiger partial charge in [-0.05, 0) is 31.9 Å². The Morgan fingerprint density at radius 3 is 2.47 bits per heavy atom. The van der Waals surface area contributed by atoms with Crippen LogP contribution < -0.4 is 5.32 Å². The van der Waals surface area contributed by atoms with Gasteiger partial charge in [0.1, 0.15) is 0 Å². The Labute approximate surface area is 177 Å². The number of piperazine rings is 1. The molecule has 1 saturated heterocycles. The lowest BCUT2D eigenvalue weighted by atomic mass is 10.1. The van der Waals surface area contributed by atoms with Crippen LogP contribution in [0, 0.1) is 12.8 Å². The van der Waals surface area contributed by atoms with Gasteiger partial charge in [-0.3, -0.25) is 14.5 Å². The quantitative estimate of drug-likeness (QED) is 0.783. The SMILES string of the molecule is Cc1ccc(-n2cc(C(=O)NCCN3CCN(C(=O)C4CCCC4)CC3)nn2)cc1. The number of amides is 2. The fourth-order valence-corrected chi connectivity index (χ4v) is 4.23. The summed E-state index contributed by atoms with van der Waals surface area (Å²) >= 11 is 0. The Hall–Kier alpha value is -2.74. The average Bonchev–Trinajstić information content (AvgIpc) is 3.47. The van der Waals surface area contributed by atoms with Gasteiger partial charge in [0.2, 0.25) is 5.91 Å². The van der Waals surface area contributed by atoms with Gasteiger partial charge in [0, 0.05) is 45.2 Å². The summed E-state index contributed by atoms with van der Waals surface area (Å²) in [6.07, 6.45) is 6.14. The van der Waals surface area contributed by atoms with E-state index in [0.29, 0.717) is 18.1 Å². The third-order valence-electron chi connectivity index (χ3n) is 6.13. The molecule has 0 atom stereocenters. The van der Waals surface area contributed by atoms with Crippen LogP contribution >= 0.6 is 0 Å². The van der Waals surface area contributed by atoms with E-state index in [1.165, 1.54) is 18.4 Å². The molecule has 4 rings (SSSR count). The van der Waals surface area contributed by atoms with Crippen molar-refractivity contribution in [2.24, 2.45) is 5.92 Å². The maximum absolute atomic E-state index is 12.5. The van der Waals surface area contributed by atoms with Crippen molar-refractivity contribution in [2.45, 2.75) is 32.6 Å². The summed E-state index contributed by atoms with van der Waals surface area (Å²) in [6, 6.07) is 7.89. The van der Waals surface area contributed by atoms with E-state index >= 15 is 0 Å². The Morgan fingerprint density at radius 2 is 1.77 bits per heavy atom. The zero-order valence-electron chi connectivity index (χ0n) is 17.6. The van der Waals surface area contributed by atoms with Gasteiger partial charge in [-0.15, -0.1) is 5.10 Å². The third kappa shape index (κ3) is 4.87. The zero-order chi connectivity index (χ0) is 20.9. The highest BCUT2D eigenvalue weighted by molar-refractivity contribution is 5.91. The first-order chi connectivity index (χ1) is 14.6.